The van der Waals surface area contributed by atoms with E-state index in [1.165, 1.54) is 6.07 Å². The Balaban J connectivity index is 1.72. The van der Waals surface area contributed by atoms with E-state index in [9.17, 15) is 13.6 Å². The maximum atomic E-state index is 14.2. The van der Waals surface area contributed by atoms with E-state index < -0.39 is 11.6 Å². The average molecular weight is 441 g/mol. The van der Waals surface area contributed by atoms with Gasteiger partial charge in [-0.15, -0.1) is 0 Å². The molecule has 3 aromatic rings. The third kappa shape index (κ3) is 7.02. The highest BCUT2D eigenvalue weighted by Gasteiger charge is 2.20. The Hall–Kier alpha value is -2.99. The molecule has 0 unspecified atom stereocenters. The molecule has 0 saturated heterocycles. The first kappa shape index (κ1) is 23.7. The van der Waals surface area contributed by atoms with Crippen molar-refractivity contribution in [1.29, 1.82) is 0 Å². The molecule has 1 heterocycles. The van der Waals surface area contributed by atoms with Gasteiger partial charge in [-0.05, 0) is 62.2 Å². The summed E-state index contributed by atoms with van der Waals surface area (Å²) in [7, 11) is 0. The second-order valence-electron chi connectivity index (χ2n) is 8.01. The van der Waals surface area contributed by atoms with Crippen molar-refractivity contribution in [3.8, 4) is 0 Å². The molecule has 170 valence electrons. The third-order valence-electron chi connectivity index (χ3n) is 5.31. The fourth-order valence-corrected chi connectivity index (χ4v) is 3.69. The van der Waals surface area contributed by atoms with Crippen LogP contribution in [-0.2, 0) is 24.3 Å². The number of amides is 1. The molecule has 0 aliphatic heterocycles. The van der Waals surface area contributed by atoms with Gasteiger partial charge in [0, 0.05) is 18.7 Å². The Morgan fingerprint density at radius 3 is 2.44 bits per heavy atom. The van der Waals surface area contributed by atoms with Gasteiger partial charge < -0.3 is 9.32 Å². The molecule has 0 bridgehead atoms. The lowest BCUT2D eigenvalue weighted by molar-refractivity contribution is -0.133. The zero-order chi connectivity index (χ0) is 22.9. The molecular weight excluding hydrogens is 410 g/mol. The number of benzene rings is 2. The summed E-state index contributed by atoms with van der Waals surface area (Å²) in [6.45, 7) is 5.68. The molecule has 3 rings (SSSR count). The van der Waals surface area contributed by atoms with Crippen LogP contribution in [-0.4, -0.2) is 35.3 Å². The van der Waals surface area contributed by atoms with Crippen LogP contribution in [0.1, 0.15) is 36.0 Å². The third-order valence-corrected chi connectivity index (χ3v) is 5.31. The maximum Gasteiger partial charge on any atom is 0.237 e. The Morgan fingerprint density at radius 2 is 1.75 bits per heavy atom. The van der Waals surface area contributed by atoms with E-state index in [2.05, 4.69) is 0 Å². The van der Waals surface area contributed by atoms with E-state index in [-0.39, 0.29) is 24.6 Å². The van der Waals surface area contributed by atoms with Crippen molar-refractivity contribution < 1.29 is 18.0 Å². The molecule has 4 nitrogen and oxygen atoms in total. The summed E-state index contributed by atoms with van der Waals surface area (Å²) in [6.07, 6.45) is 1.52. The molecule has 0 radical (unpaired) electrons. The van der Waals surface area contributed by atoms with Crippen LogP contribution in [0.2, 0.25) is 0 Å². The topological polar surface area (TPSA) is 36.7 Å². The number of furan rings is 1. The highest BCUT2D eigenvalue weighted by atomic mass is 19.1. The minimum absolute atomic E-state index is 0.0692. The summed E-state index contributed by atoms with van der Waals surface area (Å²) >= 11 is 0. The Morgan fingerprint density at radius 1 is 0.969 bits per heavy atom. The molecule has 0 aliphatic rings. The van der Waals surface area contributed by atoms with Gasteiger partial charge in [0.25, 0.3) is 0 Å². The summed E-state index contributed by atoms with van der Waals surface area (Å²) in [5.41, 5.74) is 1.40. The molecule has 0 aliphatic carbocycles. The molecule has 32 heavy (non-hydrogen) atoms. The molecule has 0 spiro atoms. The number of aryl methyl sites for hydroxylation is 1. The number of nitrogens with zero attached hydrogens (tertiary/aromatic N) is 2. The molecule has 2 aromatic carbocycles. The summed E-state index contributed by atoms with van der Waals surface area (Å²) in [5.74, 6) is 0.501. The van der Waals surface area contributed by atoms with Gasteiger partial charge >= 0.3 is 0 Å². The zero-order valence-electron chi connectivity index (χ0n) is 18.7. The normalized spacial score (nSPS) is 11.2. The summed E-state index contributed by atoms with van der Waals surface area (Å²) < 4.78 is 33.5. The Bertz CT molecular complexity index is 1000. The molecule has 1 amide bonds. The number of carbonyl (C=O) groups excluding carboxylic acids is 1. The van der Waals surface area contributed by atoms with Crippen LogP contribution in [0.25, 0.3) is 0 Å². The Labute approximate surface area is 188 Å². The van der Waals surface area contributed by atoms with E-state index in [0.717, 1.165) is 42.1 Å². The summed E-state index contributed by atoms with van der Waals surface area (Å²) in [5, 5.41) is 0. The average Bonchev–Trinajstić information content (AvgIpc) is 3.19. The predicted octanol–water partition coefficient (Wildman–Crippen LogP) is 5.35. The monoisotopic (exact) mass is 440 g/mol. The van der Waals surface area contributed by atoms with E-state index in [4.69, 9.17) is 4.42 Å². The van der Waals surface area contributed by atoms with Gasteiger partial charge in [-0.3, -0.25) is 9.69 Å². The fourth-order valence-electron chi connectivity index (χ4n) is 3.69. The van der Waals surface area contributed by atoms with Crippen molar-refractivity contribution >= 4 is 5.91 Å². The van der Waals surface area contributed by atoms with Gasteiger partial charge in [0.2, 0.25) is 5.91 Å². The van der Waals surface area contributed by atoms with Gasteiger partial charge in [0.05, 0.1) is 13.1 Å². The molecule has 0 fully saturated rings. The first-order valence-corrected chi connectivity index (χ1v) is 11.0. The van der Waals surface area contributed by atoms with E-state index in [1.807, 2.05) is 61.2 Å². The van der Waals surface area contributed by atoms with Crippen molar-refractivity contribution in [2.45, 2.75) is 39.8 Å². The molecule has 0 N–H and O–H groups in total. The van der Waals surface area contributed by atoms with Crippen molar-refractivity contribution in [3.05, 3.63) is 94.9 Å². The number of halogens is 2. The Kier molecular flexibility index (Phi) is 8.56. The molecule has 1 aromatic heterocycles. The number of hydrogen-bond acceptors (Lipinski definition) is 3. The second kappa shape index (κ2) is 11.6. The highest BCUT2D eigenvalue weighted by molar-refractivity contribution is 5.78. The van der Waals surface area contributed by atoms with Crippen LogP contribution in [0.15, 0.2) is 65.1 Å². The minimum atomic E-state index is -0.484. The van der Waals surface area contributed by atoms with Crippen LogP contribution in [0.5, 0.6) is 0 Å². The van der Waals surface area contributed by atoms with Crippen LogP contribution >= 0.6 is 0 Å². The SMILES string of the molecule is CCCN(CC(=O)N(CCc1ccccc1)Cc1ccc(C)o1)Cc1cc(F)ccc1F. The first-order chi connectivity index (χ1) is 15.4. The summed E-state index contributed by atoms with van der Waals surface area (Å²) in [4.78, 5) is 16.9. The standard InChI is InChI=1S/C26H30F2N2O2/c1-3-14-29(17-22-16-23(27)10-12-25(22)28)19-26(31)30(18-24-11-9-20(2)32-24)15-13-21-7-5-4-6-8-21/h4-12,16H,3,13-15,17-19H2,1-2H3. The van der Waals surface area contributed by atoms with Crippen LogP contribution in [0, 0.1) is 18.6 Å². The lowest BCUT2D eigenvalue weighted by atomic mass is 10.1. The largest absolute Gasteiger partial charge is 0.464 e. The van der Waals surface area contributed by atoms with Gasteiger partial charge in [-0.25, -0.2) is 8.78 Å². The van der Waals surface area contributed by atoms with E-state index in [1.54, 1.807) is 4.90 Å². The van der Waals surface area contributed by atoms with Crippen LogP contribution < -0.4 is 0 Å². The van der Waals surface area contributed by atoms with Gasteiger partial charge in [-0.1, -0.05) is 37.3 Å². The quantitative estimate of drug-likeness (QED) is 0.403. The second-order valence-corrected chi connectivity index (χ2v) is 8.01. The zero-order valence-corrected chi connectivity index (χ0v) is 18.7. The lowest BCUT2D eigenvalue weighted by Gasteiger charge is -2.27. The minimum Gasteiger partial charge on any atom is -0.464 e. The maximum absolute atomic E-state index is 14.2. The molecule has 0 atom stereocenters. The highest BCUT2D eigenvalue weighted by Crippen LogP contribution is 2.15. The summed E-state index contributed by atoms with van der Waals surface area (Å²) in [6, 6.07) is 17.2. The molecule has 0 saturated carbocycles. The van der Waals surface area contributed by atoms with Crippen molar-refractivity contribution in [2.75, 3.05) is 19.6 Å². The smallest absolute Gasteiger partial charge is 0.237 e. The number of hydrogen-bond donors (Lipinski definition) is 0. The lowest BCUT2D eigenvalue weighted by Crippen LogP contribution is -2.41. The number of carbonyl (C=O) groups is 1. The van der Waals surface area contributed by atoms with E-state index >= 15 is 0 Å². The molecular formula is C26H30F2N2O2. The van der Waals surface area contributed by atoms with Crippen molar-refractivity contribution in [1.82, 2.24) is 9.80 Å². The van der Waals surface area contributed by atoms with Gasteiger partial charge in [0.1, 0.15) is 23.2 Å². The van der Waals surface area contributed by atoms with Crippen LogP contribution in [0.3, 0.4) is 0 Å². The first-order valence-electron chi connectivity index (χ1n) is 11.0. The fraction of sp³-hybridized carbons (Fsp3) is 0.346. The van der Waals surface area contributed by atoms with Crippen LogP contribution in [0.4, 0.5) is 8.78 Å². The number of rotatable bonds is 11. The predicted molar refractivity (Wildman–Crippen MR) is 121 cm³/mol. The van der Waals surface area contributed by atoms with Crippen molar-refractivity contribution in [3.63, 3.8) is 0 Å². The van der Waals surface area contributed by atoms with Gasteiger partial charge in [0.15, 0.2) is 0 Å². The van der Waals surface area contributed by atoms with Gasteiger partial charge in [-0.2, -0.15) is 0 Å². The molecule has 6 heteroatoms. The van der Waals surface area contributed by atoms with Crippen molar-refractivity contribution in [2.24, 2.45) is 0 Å². The van der Waals surface area contributed by atoms with E-state index in [0.29, 0.717) is 19.6 Å².